The van der Waals surface area contributed by atoms with Crippen LogP contribution >= 0.6 is 0 Å². The van der Waals surface area contributed by atoms with Gasteiger partial charge in [0.1, 0.15) is 11.6 Å². The van der Waals surface area contributed by atoms with Gasteiger partial charge in [-0.3, -0.25) is 0 Å². The molecule has 0 saturated carbocycles. The molecule has 2 heterocycles. The van der Waals surface area contributed by atoms with Crippen LogP contribution in [0.2, 0.25) is 0 Å². The molecule has 0 fully saturated rings. The second-order valence-electron chi connectivity index (χ2n) is 3.36. The Labute approximate surface area is 88.1 Å². The van der Waals surface area contributed by atoms with E-state index >= 15 is 0 Å². The lowest BCUT2D eigenvalue weighted by Crippen LogP contribution is -2.06. The second-order valence-corrected chi connectivity index (χ2v) is 3.36. The molecule has 4 nitrogen and oxygen atoms in total. The van der Waals surface area contributed by atoms with Crippen molar-refractivity contribution in [3.8, 4) is 0 Å². The lowest BCUT2D eigenvalue weighted by molar-refractivity contribution is 0.490. The highest BCUT2D eigenvalue weighted by atomic mass is 16.3. The normalized spacial score (nSPS) is 12.3. The zero-order valence-corrected chi connectivity index (χ0v) is 8.47. The van der Waals surface area contributed by atoms with Crippen molar-refractivity contribution in [1.82, 2.24) is 4.98 Å². The number of furan rings is 1. The van der Waals surface area contributed by atoms with Crippen molar-refractivity contribution in [3.05, 3.63) is 42.5 Å². The SMILES string of the molecule is CC(Nc1ccc(N)cn1)c1ccco1. The summed E-state index contributed by atoms with van der Waals surface area (Å²) >= 11 is 0. The maximum absolute atomic E-state index is 5.54. The summed E-state index contributed by atoms with van der Waals surface area (Å²) in [6, 6.07) is 7.54. The number of hydrogen-bond donors (Lipinski definition) is 2. The van der Waals surface area contributed by atoms with Gasteiger partial charge in [0.05, 0.1) is 24.2 Å². The molecule has 2 rings (SSSR count). The van der Waals surface area contributed by atoms with E-state index in [1.807, 2.05) is 31.2 Å². The standard InChI is InChI=1S/C11H13N3O/c1-8(10-3-2-6-15-10)14-11-5-4-9(12)7-13-11/h2-8H,12H2,1H3,(H,13,14). The van der Waals surface area contributed by atoms with Gasteiger partial charge in [0.25, 0.3) is 0 Å². The quantitative estimate of drug-likeness (QED) is 0.804. The Bertz CT molecular complexity index is 408. The van der Waals surface area contributed by atoms with Crippen LogP contribution in [-0.4, -0.2) is 4.98 Å². The van der Waals surface area contributed by atoms with Crippen molar-refractivity contribution in [2.75, 3.05) is 11.1 Å². The Balaban J connectivity index is 2.06. The van der Waals surface area contributed by atoms with Crippen LogP contribution < -0.4 is 11.1 Å². The van der Waals surface area contributed by atoms with Crippen LogP contribution in [0.1, 0.15) is 18.7 Å². The minimum absolute atomic E-state index is 0.0936. The molecule has 0 amide bonds. The fourth-order valence-electron chi connectivity index (χ4n) is 1.32. The molecule has 2 aromatic rings. The van der Waals surface area contributed by atoms with Gasteiger partial charge in [0.15, 0.2) is 0 Å². The van der Waals surface area contributed by atoms with Crippen molar-refractivity contribution in [2.45, 2.75) is 13.0 Å². The molecule has 0 aliphatic carbocycles. The van der Waals surface area contributed by atoms with Gasteiger partial charge in [-0.2, -0.15) is 0 Å². The van der Waals surface area contributed by atoms with Gasteiger partial charge in [-0.25, -0.2) is 4.98 Å². The van der Waals surface area contributed by atoms with E-state index in [1.165, 1.54) is 0 Å². The summed E-state index contributed by atoms with van der Waals surface area (Å²) in [6.07, 6.45) is 3.28. The van der Waals surface area contributed by atoms with Crippen LogP contribution in [0.3, 0.4) is 0 Å². The highest BCUT2D eigenvalue weighted by molar-refractivity contribution is 5.44. The summed E-state index contributed by atoms with van der Waals surface area (Å²) in [5.41, 5.74) is 6.20. The summed E-state index contributed by atoms with van der Waals surface area (Å²) in [7, 11) is 0. The van der Waals surface area contributed by atoms with Gasteiger partial charge >= 0.3 is 0 Å². The summed E-state index contributed by atoms with van der Waals surface area (Å²) in [5, 5.41) is 3.21. The van der Waals surface area contributed by atoms with Gasteiger partial charge in [0.2, 0.25) is 0 Å². The van der Waals surface area contributed by atoms with Crippen molar-refractivity contribution >= 4 is 11.5 Å². The molecule has 0 aliphatic heterocycles. The molecule has 0 radical (unpaired) electrons. The fraction of sp³-hybridized carbons (Fsp3) is 0.182. The molecule has 0 bridgehead atoms. The van der Waals surface area contributed by atoms with Crippen LogP contribution in [0.15, 0.2) is 41.1 Å². The molecule has 1 atom stereocenters. The van der Waals surface area contributed by atoms with E-state index in [9.17, 15) is 0 Å². The van der Waals surface area contributed by atoms with Gasteiger partial charge < -0.3 is 15.5 Å². The zero-order valence-electron chi connectivity index (χ0n) is 8.47. The van der Waals surface area contributed by atoms with Crippen LogP contribution in [0, 0.1) is 0 Å². The van der Waals surface area contributed by atoms with Gasteiger partial charge in [0, 0.05) is 0 Å². The second kappa shape index (κ2) is 4.04. The van der Waals surface area contributed by atoms with Crippen LogP contribution in [0.4, 0.5) is 11.5 Å². The minimum Gasteiger partial charge on any atom is -0.467 e. The molecule has 78 valence electrons. The number of nitrogens with one attached hydrogen (secondary N) is 1. The molecule has 0 aliphatic rings. The Morgan fingerprint density at radius 2 is 2.27 bits per heavy atom. The van der Waals surface area contributed by atoms with E-state index < -0.39 is 0 Å². The molecule has 0 aromatic carbocycles. The molecule has 1 unspecified atom stereocenters. The summed E-state index contributed by atoms with van der Waals surface area (Å²) in [6.45, 7) is 2.01. The van der Waals surface area contributed by atoms with E-state index in [0.29, 0.717) is 5.69 Å². The third-order valence-electron chi connectivity index (χ3n) is 2.12. The van der Waals surface area contributed by atoms with Crippen LogP contribution in [0.5, 0.6) is 0 Å². The van der Waals surface area contributed by atoms with Crippen molar-refractivity contribution < 1.29 is 4.42 Å². The molecule has 15 heavy (non-hydrogen) atoms. The monoisotopic (exact) mass is 203 g/mol. The highest BCUT2D eigenvalue weighted by Gasteiger charge is 2.07. The van der Waals surface area contributed by atoms with Crippen molar-refractivity contribution in [2.24, 2.45) is 0 Å². The average Bonchev–Trinajstić information content (AvgIpc) is 2.74. The van der Waals surface area contributed by atoms with E-state index in [-0.39, 0.29) is 6.04 Å². The first kappa shape index (κ1) is 9.58. The molecular formula is C11H13N3O. The Morgan fingerprint density at radius 3 is 2.87 bits per heavy atom. The lowest BCUT2D eigenvalue weighted by Gasteiger charge is -2.11. The topological polar surface area (TPSA) is 64.1 Å². The number of pyridine rings is 1. The van der Waals surface area contributed by atoms with Crippen LogP contribution in [-0.2, 0) is 0 Å². The number of nitrogens with two attached hydrogens (primary N) is 1. The minimum atomic E-state index is 0.0936. The average molecular weight is 203 g/mol. The largest absolute Gasteiger partial charge is 0.467 e. The Morgan fingerprint density at radius 1 is 1.40 bits per heavy atom. The smallest absolute Gasteiger partial charge is 0.126 e. The molecular weight excluding hydrogens is 190 g/mol. The number of anilines is 2. The summed E-state index contributed by atoms with van der Waals surface area (Å²) in [4.78, 5) is 4.15. The number of nitrogens with zero attached hydrogens (tertiary/aromatic N) is 1. The first-order valence-corrected chi connectivity index (χ1v) is 4.77. The van der Waals surface area contributed by atoms with Gasteiger partial charge in [-0.15, -0.1) is 0 Å². The van der Waals surface area contributed by atoms with Crippen molar-refractivity contribution in [3.63, 3.8) is 0 Å². The summed E-state index contributed by atoms with van der Waals surface area (Å²) in [5.74, 6) is 1.67. The van der Waals surface area contributed by atoms with Gasteiger partial charge in [-0.05, 0) is 31.2 Å². The fourth-order valence-corrected chi connectivity index (χ4v) is 1.32. The number of hydrogen-bond acceptors (Lipinski definition) is 4. The van der Waals surface area contributed by atoms with E-state index in [0.717, 1.165) is 11.6 Å². The maximum Gasteiger partial charge on any atom is 0.126 e. The van der Waals surface area contributed by atoms with Gasteiger partial charge in [-0.1, -0.05) is 0 Å². The highest BCUT2D eigenvalue weighted by Crippen LogP contribution is 2.18. The number of nitrogen functional groups attached to an aromatic ring is 1. The predicted molar refractivity (Wildman–Crippen MR) is 59.4 cm³/mol. The molecule has 2 aromatic heterocycles. The van der Waals surface area contributed by atoms with E-state index in [4.69, 9.17) is 10.2 Å². The Hall–Kier alpha value is -1.97. The summed E-state index contributed by atoms with van der Waals surface area (Å²) < 4.78 is 5.28. The molecule has 0 saturated heterocycles. The number of aromatic nitrogens is 1. The first-order chi connectivity index (χ1) is 7.25. The molecule has 4 heteroatoms. The third-order valence-corrected chi connectivity index (χ3v) is 2.12. The predicted octanol–water partition coefficient (Wildman–Crippen LogP) is 2.43. The molecule has 0 spiro atoms. The van der Waals surface area contributed by atoms with E-state index in [2.05, 4.69) is 10.3 Å². The van der Waals surface area contributed by atoms with Crippen molar-refractivity contribution in [1.29, 1.82) is 0 Å². The molecule has 3 N–H and O–H groups in total. The third kappa shape index (κ3) is 2.28. The van der Waals surface area contributed by atoms with E-state index in [1.54, 1.807) is 12.5 Å². The zero-order chi connectivity index (χ0) is 10.7. The first-order valence-electron chi connectivity index (χ1n) is 4.77. The lowest BCUT2D eigenvalue weighted by atomic mass is 10.2. The Kier molecular flexibility index (Phi) is 2.58. The van der Waals surface area contributed by atoms with Crippen LogP contribution in [0.25, 0.3) is 0 Å². The maximum atomic E-state index is 5.54. The number of rotatable bonds is 3.